The molecule has 0 heterocycles. The fourth-order valence-electron chi connectivity index (χ4n) is 3.98. The van der Waals surface area contributed by atoms with Crippen molar-refractivity contribution in [1.82, 2.24) is 0 Å². The predicted octanol–water partition coefficient (Wildman–Crippen LogP) is 5.69. The molecule has 0 bridgehead atoms. The fraction of sp³-hybridized carbons (Fsp3) is 0.0714. The standard InChI is InChI=1S/C28H22N4O8/c1-39-25-15-17(11-13-21(25)29-27(33)19-7-3-5-9-23(19)31(35)36)18-12-14-22(26(16-18)40-2)30-28(34)20-8-4-6-10-24(20)32(37)38/h3-16H,1-2H3,(H,29,33)(H,30,34). The van der Waals surface area contributed by atoms with Crippen LogP contribution in [0, 0.1) is 20.2 Å². The van der Waals surface area contributed by atoms with Crippen molar-refractivity contribution in [3.05, 3.63) is 116 Å². The maximum Gasteiger partial charge on any atom is 0.282 e. The zero-order valence-corrected chi connectivity index (χ0v) is 21.2. The summed E-state index contributed by atoms with van der Waals surface area (Å²) in [6.45, 7) is 0. The second kappa shape index (κ2) is 11.7. The lowest BCUT2D eigenvalue weighted by Gasteiger charge is -2.14. The van der Waals surface area contributed by atoms with Gasteiger partial charge in [0.2, 0.25) is 0 Å². The number of nitrogens with one attached hydrogen (secondary N) is 2. The normalized spacial score (nSPS) is 10.3. The van der Waals surface area contributed by atoms with Gasteiger partial charge < -0.3 is 20.1 Å². The van der Waals surface area contributed by atoms with Gasteiger partial charge in [-0.3, -0.25) is 29.8 Å². The van der Waals surface area contributed by atoms with Gasteiger partial charge in [0, 0.05) is 12.1 Å². The van der Waals surface area contributed by atoms with Crippen LogP contribution in [0.5, 0.6) is 11.5 Å². The Morgan fingerprint density at radius 2 is 1.00 bits per heavy atom. The van der Waals surface area contributed by atoms with E-state index in [4.69, 9.17) is 9.47 Å². The van der Waals surface area contributed by atoms with Gasteiger partial charge in [0.05, 0.1) is 35.4 Å². The Labute approximate surface area is 227 Å². The van der Waals surface area contributed by atoms with E-state index in [0.29, 0.717) is 34.0 Å². The molecule has 0 aromatic heterocycles. The van der Waals surface area contributed by atoms with E-state index in [9.17, 15) is 29.8 Å². The molecule has 12 nitrogen and oxygen atoms in total. The fourth-order valence-corrected chi connectivity index (χ4v) is 3.98. The number of carbonyl (C=O) groups excluding carboxylic acids is 2. The molecule has 2 amide bonds. The van der Waals surface area contributed by atoms with Crippen molar-refractivity contribution in [1.29, 1.82) is 0 Å². The Kier molecular flexibility index (Phi) is 7.99. The van der Waals surface area contributed by atoms with Crippen LogP contribution in [0.2, 0.25) is 0 Å². The van der Waals surface area contributed by atoms with Gasteiger partial charge in [-0.1, -0.05) is 36.4 Å². The Morgan fingerprint density at radius 3 is 1.35 bits per heavy atom. The van der Waals surface area contributed by atoms with Gasteiger partial charge >= 0.3 is 0 Å². The number of carbonyl (C=O) groups is 2. The number of methoxy groups -OCH3 is 2. The summed E-state index contributed by atoms with van der Waals surface area (Å²) in [7, 11) is 2.84. The van der Waals surface area contributed by atoms with Gasteiger partial charge in [0.1, 0.15) is 22.6 Å². The highest BCUT2D eigenvalue weighted by Crippen LogP contribution is 2.36. The molecule has 0 radical (unpaired) electrons. The third-order valence-electron chi connectivity index (χ3n) is 5.92. The second-order valence-corrected chi connectivity index (χ2v) is 8.29. The number of ether oxygens (including phenoxy) is 2. The molecule has 0 saturated heterocycles. The highest BCUT2D eigenvalue weighted by Gasteiger charge is 2.22. The van der Waals surface area contributed by atoms with Crippen molar-refractivity contribution in [2.24, 2.45) is 0 Å². The number of hydrogen-bond acceptors (Lipinski definition) is 8. The van der Waals surface area contributed by atoms with Gasteiger partial charge in [-0.25, -0.2) is 0 Å². The summed E-state index contributed by atoms with van der Waals surface area (Å²) < 4.78 is 10.9. The molecule has 4 aromatic rings. The number of nitrogens with zero attached hydrogens (tertiary/aromatic N) is 2. The van der Waals surface area contributed by atoms with Crippen molar-refractivity contribution >= 4 is 34.6 Å². The van der Waals surface area contributed by atoms with E-state index in [1.165, 1.54) is 62.8 Å². The van der Waals surface area contributed by atoms with E-state index in [1.54, 1.807) is 36.4 Å². The molecule has 0 atom stereocenters. The summed E-state index contributed by atoms with van der Waals surface area (Å²) in [5, 5.41) is 27.9. The molecule has 0 unspecified atom stereocenters. The van der Waals surface area contributed by atoms with Crippen LogP contribution in [-0.4, -0.2) is 35.9 Å². The minimum Gasteiger partial charge on any atom is -0.495 e. The first kappa shape index (κ1) is 27.3. The van der Waals surface area contributed by atoms with Crippen molar-refractivity contribution in [2.75, 3.05) is 24.9 Å². The van der Waals surface area contributed by atoms with Crippen LogP contribution in [0.1, 0.15) is 20.7 Å². The topological polar surface area (TPSA) is 163 Å². The summed E-state index contributed by atoms with van der Waals surface area (Å²) in [6, 6.07) is 21.1. The number of anilines is 2. The van der Waals surface area contributed by atoms with Gasteiger partial charge in [-0.15, -0.1) is 0 Å². The number of benzene rings is 4. The first-order valence-electron chi connectivity index (χ1n) is 11.7. The number of para-hydroxylation sites is 2. The summed E-state index contributed by atoms with van der Waals surface area (Å²) in [6.07, 6.45) is 0. The van der Waals surface area contributed by atoms with Crippen LogP contribution < -0.4 is 20.1 Å². The average Bonchev–Trinajstić information content (AvgIpc) is 2.97. The van der Waals surface area contributed by atoms with Crippen LogP contribution in [0.4, 0.5) is 22.7 Å². The van der Waals surface area contributed by atoms with Crippen molar-refractivity contribution < 1.29 is 28.9 Å². The molecule has 4 rings (SSSR count). The highest BCUT2D eigenvalue weighted by atomic mass is 16.6. The molecule has 0 aliphatic rings. The smallest absolute Gasteiger partial charge is 0.282 e. The molecule has 0 aliphatic carbocycles. The van der Waals surface area contributed by atoms with Crippen LogP contribution in [0.25, 0.3) is 11.1 Å². The Bertz CT molecular complexity index is 1520. The van der Waals surface area contributed by atoms with Crippen molar-refractivity contribution in [3.8, 4) is 22.6 Å². The molecule has 4 aromatic carbocycles. The van der Waals surface area contributed by atoms with Crippen LogP contribution in [-0.2, 0) is 0 Å². The molecule has 0 spiro atoms. The number of rotatable bonds is 9. The zero-order valence-electron chi connectivity index (χ0n) is 21.2. The lowest BCUT2D eigenvalue weighted by atomic mass is 10.0. The first-order chi connectivity index (χ1) is 19.2. The molecule has 12 heteroatoms. The lowest BCUT2D eigenvalue weighted by Crippen LogP contribution is -2.14. The molecular formula is C28H22N4O8. The van der Waals surface area contributed by atoms with Crippen LogP contribution >= 0.6 is 0 Å². The predicted molar refractivity (Wildman–Crippen MR) is 147 cm³/mol. The Morgan fingerprint density at radius 1 is 0.625 bits per heavy atom. The molecule has 0 fully saturated rings. The largest absolute Gasteiger partial charge is 0.495 e. The zero-order chi connectivity index (χ0) is 28.8. The van der Waals surface area contributed by atoms with E-state index in [-0.39, 0.29) is 22.5 Å². The minimum atomic E-state index is -0.668. The minimum absolute atomic E-state index is 0.0955. The highest BCUT2D eigenvalue weighted by molar-refractivity contribution is 6.08. The van der Waals surface area contributed by atoms with Gasteiger partial charge in [-0.2, -0.15) is 0 Å². The monoisotopic (exact) mass is 542 g/mol. The SMILES string of the molecule is COc1cc(-c2ccc(NC(=O)c3ccccc3[N+](=O)[O-])c(OC)c2)ccc1NC(=O)c1ccccc1[N+](=O)[O-]. The second-order valence-electron chi connectivity index (χ2n) is 8.29. The van der Waals surface area contributed by atoms with E-state index in [2.05, 4.69) is 10.6 Å². The van der Waals surface area contributed by atoms with Gasteiger partial charge in [-0.05, 0) is 47.5 Å². The maximum atomic E-state index is 12.8. The van der Waals surface area contributed by atoms with E-state index < -0.39 is 21.7 Å². The van der Waals surface area contributed by atoms with Gasteiger partial charge in [0.15, 0.2) is 0 Å². The van der Waals surface area contributed by atoms with Crippen LogP contribution in [0.15, 0.2) is 84.9 Å². The Balaban J connectivity index is 1.59. The van der Waals surface area contributed by atoms with Crippen molar-refractivity contribution in [2.45, 2.75) is 0 Å². The molecular weight excluding hydrogens is 520 g/mol. The Hall–Kier alpha value is -5.78. The average molecular weight is 543 g/mol. The first-order valence-corrected chi connectivity index (χ1v) is 11.7. The summed E-state index contributed by atoms with van der Waals surface area (Å²) in [4.78, 5) is 46.9. The van der Waals surface area contributed by atoms with E-state index >= 15 is 0 Å². The third-order valence-corrected chi connectivity index (χ3v) is 5.92. The summed E-state index contributed by atoms with van der Waals surface area (Å²) in [5.41, 5.74) is 1.12. The molecule has 202 valence electrons. The van der Waals surface area contributed by atoms with E-state index in [0.717, 1.165) is 0 Å². The molecule has 0 aliphatic heterocycles. The number of amides is 2. The van der Waals surface area contributed by atoms with Crippen LogP contribution in [0.3, 0.4) is 0 Å². The third kappa shape index (κ3) is 5.70. The maximum absolute atomic E-state index is 12.8. The summed E-state index contributed by atoms with van der Waals surface area (Å²) in [5.74, 6) is -0.730. The van der Waals surface area contributed by atoms with E-state index in [1.807, 2.05) is 0 Å². The number of nitro benzene ring substituents is 2. The van der Waals surface area contributed by atoms with Gasteiger partial charge in [0.25, 0.3) is 23.2 Å². The molecule has 0 saturated carbocycles. The number of nitro groups is 2. The summed E-state index contributed by atoms with van der Waals surface area (Å²) >= 11 is 0. The number of hydrogen-bond donors (Lipinski definition) is 2. The molecule has 2 N–H and O–H groups in total. The quantitative estimate of drug-likeness (QED) is 0.201. The molecule has 40 heavy (non-hydrogen) atoms. The lowest BCUT2D eigenvalue weighted by molar-refractivity contribution is -0.385. The van der Waals surface area contributed by atoms with Crippen molar-refractivity contribution in [3.63, 3.8) is 0 Å².